The lowest BCUT2D eigenvalue weighted by molar-refractivity contribution is -0.161. The van der Waals surface area contributed by atoms with Gasteiger partial charge in [-0.05, 0) is 51.4 Å². The monoisotopic (exact) mass is 1430 g/mol. The molecule has 0 aromatic heterocycles. The molecule has 2 atom stereocenters. The van der Waals surface area contributed by atoms with Gasteiger partial charge in [-0.2, -0.15) is 0 Å². The van der Waals surface area contributed by atoms with E-state index >= 15 is 0 Å². The molecule has 0 aromatic rings. The van der Waals surface area contributed by atoms with Gasteiger partial charge in [0.25, 0.3) is 0 Å². The first-order valence-corrected chi connectivity index (χ1v) is 46.1. The highest BCUT2D eigenvalue weighted by Gasteiger charge is 2.26. The molecule has 10 heteroatoms. The van der Waals surface area contributed by atoms with Gasteiger partial charge in [-0.1, -0.05) is 467 Å². The Bertz CT molecular complexity index is 1780. The lowest BCUT2D eigenvalue weighted by Crippen LogP contribution is -2.29. The van der Waals surface area contributed by atoms with Gasteiger partial charge in [0.2, 0.25) is 0 Å². The largest absolute Gasteiger partial charge is 0.472 e. The van der Waals surface area contributed by atoms with Crippen LogP contribution < -0.4 is 5.73 Å². The summed E-state index contributed by atoms with van der Waals surface area (Å²) in [7, 11) is -4.40. The van der Waals surface area contributed by atoms with Gasteiger partial charge in [-0.25, -0.2) is 4.57 Å². The van der Waals surface area contributed by atoms with Crippen LogP contribution >= 0.6 is 7.82 Å². The second-order valence-electron chi connectivity index (χ2n) is 30.5. The highest BCUT2D eigenvalue weighted by Crippen LogP contribution is 2.43. The van der Waals surface area contributed by atoms with Crippen LogP contribution in [0, 0.1) is 0 Å². The van der Waals surface area contributed by atoms with Gasteiger partial charge in [0, 0.05) is 19.4 Å². The number of carbonyl (C=O) groups is 2. The topological polar surface area (TPSA) is 134 Å². The summed E-state index contributed by atoms with van der Waals surface area (Å²) in [5.41, 5.74) is 5.43. The maximum absolute atomic E-state index is 12.8. The van der Waals surface area contributed by atoms with E-state index in [2.05, 4.69) is 62.5 Å². The Labute approximate surface area is 623 Å². The molecule has 590 valence electrons. The molecule has 0 aliphatic heterocycles. The lowest BCUT2D eigenvalue weighted by Gasteiger charge is -2.19. The predicted molar refractivity (Wildman–Crippen MR) is 437 cm³/mol. The number of phosphoric ester groups is 1. The Morgan fingerprint density at radius 2 is 0.550 bits per heavy atom. The number of phosphoric acid groups is 1. The highest BCUT2D eigenvalue weighted by atomic mass is 31.2. The van der Waals surface area contributed by atoms with E-state index < -0.39 is 26.5 Å². The van der Waals surface area contributed by atoms with Crippen LogP contribution in [0.15, 0.2) is 48.6 Å². The number of allylic oxidation sites excluding steroid dienone is 8. The fourth-order valence-electron chi connectivity index (χ4n) is 13.9. The molecule has 0 spiro atoms. The average molecular weight is 1430 g/mol. The molecule has 3 N–H and O–H groups in total. The Balaban J connectivity index is 3.69. The van der Waals surface area contributed by atoms with Gasteiger partial charge in [-0.15, -0.1) is 0 Å². The highest BCUT2D eigenvalue weighted by molar-refractivity contribution is 7.47. The van der Waals surface area contributed by atoms with Crippen molar-refractivity contribution in [3.63, 3.8) is 0 Å². The Morgan fingerprint density at radius 1 is 0.310 bits per heavy atom. The average Bonchev–Trinajstić information content (AvgIpc) is 1.01. The third-order valence-corrected chi connectivity index (χ3v) is 21.5. The molecule has 0 bridgehead atoms. The molecule has 0 radical (unpaired) electrons. The summed E-state index contributed by atoms with van der Waals surface area (Å²) in [5, 5.41) is 0. The maximum atomic E-state index is 12.8. The smallest absolute Gasteiger partial charge is 0.462 e. The van der Waals surface area contributed by atoms with Gasteiger partial charge in [0.15, 0.2) is 6.10 Å². The normalized spacial score (nSPS) is 13.0. The number of unbranched alkanes of at least 4 members (excludes halogenated alkanes) is 65. The molecule has 0 saturated carbocycles. The number of nitrogens with two attached hydrogens (primary N) is 1. The zero-order chi connectivity index (χ0) is 72.2. The zero-order valence-electron chi connectivity index (χ0n) is 67.0. The van der Waals surface area contributed by atoms with Crippen molar-refractivity contribution < 1.29 is 37.6 Å². The molecule has 0 saturated heterocycles. The molecule has 2 unspecified atom stereocenters. The molecular weight excluding hydrogens is 1250 g/mol. The summed E-state index contributed by atoms with van der Waals surface area (Å²) >= 11 is 0. The quantitative estimate of drug-likeness (QED) is 0.0264. The lowest BCUT2D eigenvalue weighted by atomic mass is 10.0. The number of hydrogen-bond acceptors (Lipinski definition) is 8. The number of hydrogen-bond donors (Lipinski definition) is 2. The van der Waals surface area contributed by atoms with E-state index in [-0.39, 0.29) is 38.6 Å². The first-order chi connectivity index (χ1) is 49.3. The minimum atomic E-state index is -4.40. The maximum Gasteiger partial charge on any atom is 0.472 e. The van der Waals surface area contributed by atoms with Gasteiger partial charge in [0.05, 0.1) is 13.2 Å². The van der Waals surface area contributed by atoms with Crippen LogP contribution in [0.1, 0.15) is 483 Å². The molecule has 0 aromatic carbocycles. The Kier molecular flexibility index (Phi) is 84.2. The molecule has 0 aliphatic rings. The van der Waals surface area contributed by atoms with Crippen LogP contribution in [0.2, 0.25) is 0 Å². The van der Waals surface area contributed by atoms with E-state index in [0.29, 0.717) is 6.42 Å². The summed E-state index contributed by atoms with van der Waals surface area (Å²) in [6, 6.07) is 0. The fourth-order valence-corrected chi connectivity index (χ4v) is 14.7. The zero-order valence-corrected chi connectivity index (χ0v) is 67.9. The van der Waals surface area contributed by atoms with E-state index in [4.69, 9.17) is 24.3 Å². The van der Waals surface area contributed by atoms with E-state index in [1.807, 2.05) is 0 Å². The third-order valence-electron chi connectivity index (χ3n) is 20.5. The van der Waals surface area contributed by atoms with Crippen molar-refractivity contribution in [3.05, 3.63) is 48.6 Å². The molecule has 0 fully saturated rings. The van der Waals surface area contributed by atoms with Crippen molar-refractivity contribution in [2.24, 2.45) is 5.73 Å². The molecule has 0 heterocycles. The van der Waals surface area contributed by atoms with Crippen molar-refractivity contribution >= 4 is 19.8 Å². The van der Waals surface area contributed by atoms with Crippen molar-refractivity contribution in [1.82, 2.24) is 0 Å². The molecule has 100 heavy (non-hydrogen) atoms. The van der Waals surface area contributed by atoms with Crippen molar-refractivity contribution in [2.75, 3.05) is 26.4 Å². The SMILES string of the molecule is CC/C=C\C/C=C\C/C=C\C/C=C\CCCCCCCCCCCCCCCCCCCCCCCCCCCCC(=O)OC(COC(=O)CCCCCCCCCCCCCCCCCCCCCCCCCCCCCCCCCCCCCCCCCC)COP(=O)(O)OCCN. The first kappa shape index (κ1) is 98.0. The molecule has 0 aliphatic carbocycles. The Morgan fingerprint density at radius 3 is 0.820 bits per heavy atom. The van der Waals surface area contributed by atoms with E-state index in [1.54, 1.807) is 0 Å². The van der Waals surface area contributed by atoms with Crippen LogP contribution in [0.3, 0.4) is 0 Å². The number of carbonyl (C=O) groups excluding carboxylic acids is 2. The Hall–Kier alpha value is -2.03. The second-order valence-corrected chi connectivity index (χ2v) is 31.9. The van der Waals surface area contributed by atoms with Crippen LogP contribution in [0.4, 0.5) is 0 Å². The van der Waals surface area contributed by atoms with Crippen molar-refractivity contribution in [2.45, 2.75) is 489 Å². The summed E-state index contributed by atoms with van der Waals surface area (Å²) in [6.45, 7) is 3.73. The number of rotatable bonds is 86. The minimum Gasteiger partial charge on any atom is -0.462 e. The molecule has 9 nitrogen and oxygen atoms in total. The number of esters is 2. The minimum absolute atomic E-state index is 0.0569. The van der Waals surface area contributed by atoms with Crippen molar-refractivity contribution in [1.29, 1.82) is 0 Å². The van der Waals surface area contributed by atoms with Crippen molar-refractivity contribution in [3.8, 4) is 0 Å². The fraction of sp³-hybridized carbons (Fsp3) is 0.889. The standard InChI is InChI=1S/C90H172NO8P/c1-3-5-7-9-11-13-15-17-19-21-23-25-27-29-31-33-35-37-39-41-43-45-46-48-50-52-54-56-58-60-62-64-66-68-70-72-74-76-78-80-82-89(92)96-86-88(87-98-100(94,95)97-85-84-91)99-90(93)83-81-79-77-75-73-71-69-67-65-63-61-59-57-55-53-51-49-47-44-42-40-38-36-34-32-30-28-26-24-22-20-18-16-14-12-10-8-6-4-2/h6,8,12,14,18,20,24,26,88H,3-5,7,9-11,13,15-17,19,21-23,25,27-87,91H2,1-2H3,(H,94,95)/b8-6-,14-12-,20-18-,26-24-. The third kappa shape index (κ3) is 84.9. The van der Waals surface area contributed by atoms with Crippen LogP contribution in [-0.2, 0) is 32.7 Å². The van der Waals surface area contributed by atoms with Crippen LogP contribution in [0.5, 0.6) is 0 Å². The van der Waals surface area contributed by atoms with Gasteiger partial charge in [-0.3, -0.25) is 18.6 Å². The summed E-state index contributed by atoms with van der Waals surface area (Å²) in [4.78, 5) is 35.5. The van der Waals surface area contributed by atoms with E-state index in [9.17, 15) is 19.0 Å². The summed E-state index contributed by atoms with van der Waals surface area (Å²) < 4.78 is 33.4. The predicted octanol–water partition coefficient (Wildman–Crippen LogP) is 30.3. The van der Waals surface area contributed by atoms with Gasteiger partial charge >= 0.3 is 19.8 Å². The second kappa shape index (κ2) is 85.9. The summed E-state index contributed by atoms with van der Waals surface area (Å²) in [5.74, 6) is -0.797. The molecule has 0 rings (SSSR count). The van der Waals surface area contributed by atoms with E-state index in [1.165, 1.54) is 392 Å². The van der Waals surface area contributed by atoms with Crippen LogP contribution in [-0.4, -0.2) is 49.3 Å². The molecule has 0 amide bonds. The summed E-state index contributed by atoms with van der Waals surface area (Å²) in [6.07, 6.45) is 113. The number of ether oxygens (including phenoxy) is 2. The van der Waals surface area contributed by atoms with E-state index in [0.717, 1.165) is 57.8 Å². The molecular formula is C90H172NO8P. The van der Waals surface area contributed by atoms with Gasteiger partial charge < -0.3 is 20.1 Å². The van der Waals surface area contributed by atoms with Crippen LogP contribution in [0.25, 0.3) is 0 Å². The van der Waals surface area contributed by atoms with Gasteiger partial charge in [0.1, 0.15) is 6.61 Å². The first-order valence-electron chi connectivity index (χ1n) is 44.6.